The maximum Gasteiger partial charge on any atom is 0.179 e. The Kier molecular flexibility index (Phi) is 6.32. The zero-order valence-electron chi connectivity index (χ0n) is 10.8. The topological polar surface area (TPSA) is 46.2 Å². The highest BCUT2D eigenvalue weighted by Gasteiger charge is 2.19. The number of halogens is 1. The molecule has 0 aliphatic carbocycles. The van der Waals surface area contributed by atoms with E-state index in [0.29, 0.717) is 4.90 Å². The summed E-state index contributed by atoms with van der Waals surface area (Å²) >= 11 is 3.30. The Labute approximate surface area is 118 Å². The summed E-state index contributed by atoms with van der Waals surface area (Å²) < 4.78 is 25.3. The summed E-state index contributed by atoms with van der Waals surface area (Å²) in [5.74, 6) is 0.158. The van der Waals surface area contributed by atoms with Gasteiger partial charge in [-0.05, 0) is 43.7 Å². The van der Waals surface area contributed by atoms with E-state index in [0.717, 1.165) is 23.9 Å². The summed E-state index contributed by atoms with van der Waals surface area (Å²) in [4.78, 5) is 0.391. The van der Waals surface area contributed by atoms with Crippen molar-refractivity contribution < 1.29 is 8.42 Å². The van der Waals surface area contributed by atoms with Gasteiger partial charge < -0.3 is 5.32 Å². The lowest BCUT2D eigenvalue weighted by atomic mass is 10.2. The van der Waals surface area contributed by atoms with Crippen molar-refractivity contribution in [3.8, 4) is 0 Å². The lowest BCUT2D eigenvalue weighted by Gasteiger charge is -2.16. The summed E-state index contributed by atoms with van der Waals surface area (Å²) in [5, 5.41) is 3.27. The fourth-order valence-corrected chi connectivity index (χ4v) is 3.56. The predicted molar refractivity (Wildman–Crippen MR) is 78.6 cm³/mol. The Morgan fingerprint density at radius 3 is 2.33 bits per heavy atom. The van der Waals surface area contributed by atoms with E-state index in [1.165, 1.54) is 0 Å². The highest BCUT2D eigenvalue weighted by Crippen LogP contribution is 2.17. The Morgan fingerprint density at radius 2 is 1.83 bits per heavy atom. The lowest BCUT2D eigenvalue weighted by molar-refractivity contribution is 0.519. The predicted octanol–water partition coefficient (Wildman–Crippen LogP) is 3.00. The first-order valence-corrected chi connectivity index (χ1v) is 8.65. The molecule has 1 unspecified atom stereocenters. The van der Waals surface area contributed by atoms with Crippen LogP contribution in [0.5, 0.6) is 0 Å². The van der Waals surface area contributed by atoms with Crippen molar-refractivity contribution in [1.82, 2.24) is 5.32 Å². The first-order chi connectivity index (χ1) is 8.49. The Hall–Kier alpha value is -0.390. The van der Waals surface area contributed by atoms with Crippen LogP contribution in [0.1, 0.15) is 26.7 Å². The van der Waals surface area contributed by atoms with Gasteiger partial charge in [0.05, 0.1) is 10.6 Å². The summed E-state index contributed by atoms with van der Waals surface area (Å²) in [5.41, 5.74) is 0. The molecule has 18 heavy (non-hydrogen) atoms. The molecule has 0 aliphatic heterocycles. The second-order valence-electron chi connectivity index (χ2n) is 4.29. The zero-order chi connectivity index (χ0) is 13.6. The minimum absolute atomic E-state index is 0.0265. The van der Waals surface area contributed by atoms with Gasteiger partial charge in [-0.2, -0.15) is 0 Å². The highest BCUT2D eigenvalue weighted by atomic mass is 79.9. The van der Waals surface area contributed by atoms with Gasteiger partial charge in [-0.1, -0.05) is 29.8 Å². The number of hydrogen-bond acceptors (Lipinski definition) is 3. The van der Waals surface area contributed by atoms with Crippen molar-refractivity contribution in [2.24, 2.45) is 0 Å². The van der Waals surface area contributed by atoms with Crippen LogP contribution < -0.4 is 5.32 Å². The molecule has 1 rings (SSSR count). The summed E-state index contributed by atoms with van der Waals surface area (Å²) in [6.07, 6.45) is 1.82. The summed E-state index contributed by atoms with van der Waals surface area (Å²) in [6, 6.07) is 6.83. The van der Waals surface area contributed by atoms with Gasteiger partial charge in [-0.3, -0.25) is 0 Å². The third-order valence-corrected chi connectivity index (χ3v) is 5.13. The molecule has 0 spiro atoms. The van der Waals surface area contributed by atoms with Gasteiger partial charge in [0.15, 0.2) is 9.84 Å². The fraction of sp³-hybridized carbons (Fsp3) is 0.538. The molecule has 0 amide bonds. The van der Waals surface area contributed by atoms with Crippen molar-refractivity contribution in [3.05, 3.63) is 28.7 Å². The smallest absolute Gasteiger partial charge is 0.179 e. The molecule has 0 aliphatic rings. The van der Waals surface area contributed by atoms with Crippen molar-refractivity contribution in [2.75, 3.05) is 12.3 Å². The van der Waals surface area contributed by atoms with E-state index < -0.39 is 9.84 Å². The fourth-order valence-electron chi connectivity index (χ4n) is 1.67. The van der Waals surface area contributed by atoms with E-state index in [4.69, 9.17) is 0 Å². The monoisotopic (exact) mass is 333 g/mol. The Bertz CT molecular complexity index is 456. The van der Waals surface area contributed by atoms with Gasteiger partial charge in [0.2, 0.25) is 0 Å². The van der Waals surface area contributed by atoms with Gasteiger partial charge in [0.1, 0.15) is 0 Å². The molecule has 0 saturated carbocycles. The molecular formula is C13H20BrNO2S. The van der Waals surface area contributed by atoms with E-state index in [1.54, 1.807) is 24.3 Å². The normalized spacial score (nSPS) is 13.5. The molecule has 3 nitrogen and oxygen atoms in total. The SMILES string of the molecule is CCCNC(CC)CS(=O)(=O)c1ccc(Br)cc1. The number of hydrogen-bond donors (Lipinski definition) is 1. The Balaban J connectivity index is 2.77. The summed E-state index contributed by atoms with van der Waals surface area (Å²) in [7, 11) is -3.20. The molecular weight excluding hydrogens is 314 g/mol. The van der Waals surface area contributed by atoms with Gasteiger partial charge in [0.25, 0.3) is 0 Å². The minimum atomic E-state index is -3.20. The molecule has 0 heterocycles. The molecule has 0 saturated heterocycles. The Morgan fingerprint density at radius 1 is 1.22 bits per heavy atom. The van der Waals surface area contributed by atoms with Crippen molar-refractivity contribution in [2.45, 2.75) is 37.6 Å². The van der Waals surface area contributed by atoms with Gasteiger partial charge in [-0.15, -0.1) is 0 Å². The molecule has 1 aromatic carbocycles. The van der Waals surface area contributed by atoms with Gasteiger partial charge >= 0.3 is 0 Å². The van der Waals surface area contributed by atoms with Crippen molar-refractivity contribution >= 4 is 25.8 Å². The number of benzene rings is 1. The van der Waals surface area contributed by atoms with Crippen LogP contribution >= 0.6 is 15.9 Å². The van der Waals surface area contributed by atoms with Crippen LogP contribution in [0.15, 0.2) is 33.6 Å². The van der Waals surface area contributed by atoms with Crippen LogP contribution in [-0.4, -0.2) is 26.8 Å². The molecule has 0 aromatic heterocycles. The van der Waals surface area contributed by atoms with Crippen LogP contribution in [0.25, 0.3) is 0 Å². The van der Waals surface area contributed by atoms with Crippen molar-refractivity contribution in [1.29, 1.82) is 0 Å². The zero-order valence-corrected chi connectivity index (χ0v) is 13.2. The molecule has 0 radical (unpaired) electrons. The lowest BCUT2D eigenvalue weighted by Crippen LogP contribution is -2.35. The van der Waals surface area contributed by atoms with Crippen LogP contribution in [0.3, 0.4) is 0 Å². The van der Waals surface area contributed by atoms with Crippen LogP contribution in [-0.2, 0) is 9.84 Å². The van der Waals surface area contributed by atoms with Crippen LogP contribution in [0.2, 0.25) is 0 Å². The number of nitrogens with one attached hydrogen (secondary N) is 1. The second kappa shape index (κ2) is 7.26. The van der Waals surface area contributed by atoms with E-state index in [1.807, 2.05) is 6.92 Å². The molecule has 1 N–H and O–H groups in total. The third kappa shape index (κ3) is 4.71. The van der Waals surface area contributed by atoms with Gasteiger partial charge in [0, 0.05) is 10.5 Å². The first-order valence-electron chi connectivity index (χ1n) is 6.21. The maximum absolute atomic E-state index is 12.2. The number of rotatable bonds is 7. The molecule has 102 valence electrons. The van der Waals surface area contributed by atoms with E-state index in [2.05, 4.69) is 28.2 Å². The largest absolute Gasteiger partial charge is 0.313 e. The van der Waals surface area contributed by atoms with Crippen LogP contribution in [0.4, 0.5) is 0 Å². The summed E-state index contributed by atoms with van der Waals surface area (Å²) in [6.45, 7) is 4.93. The van der Waals surface area contributed by atoms with E-state index in [-0.39, 0.29) is 11.8 Å². The van der Waals surface area contributed by atoms with Gasteiger partial charge in [-0.25, -0.2) is 8.42 Å². The quantitative estimate of drug-likeness (QED) is 0.834. The average molecular weight is 334 g/mol. The standard InChI is InChI=1S/C13H20BrNO2S/c1-3-9-15-12(4-2)10-18(16,17)13-7-5-11(14)6-8-13/h5-8,12,15H,3-4,9-10H2,1-2H3. The maximum atomic E-state index is 12.2. The first kappa shape index (κ1) is 15.7. The molecule has 0 fully saturated rings. The van der Waals surface area contributed by atoms with E-state index in [9.17, 15) is 8.42 Å². The minimum Gasteiger partial charge on any atom is -0.313 e. The number of sulfone groups is 1. The molecule has 1 atom stereocenters. The molecule has 1 aromatic rings. The van der Waals surface area contributed by atoms with Crippen molar-refractivity contribution in [3.63, 3.8) is 0 Å². The van der Waals surface area contributed by atoms with Crippen LogP contribution in [0, 0.1) is 0 Å². The molecule has 0 bridgehead atoms. The average Bonchev–Trinajstić information content (AvgIpc) is 2.35. The van der Waals surface area contributed by atoms with E-state index >= 15 is 0 Å². The molecule has 5 heteroatoms. The second-order valence-corrected chi connectivity index (χ2v) is 7.24. The third-order valence-electron chi connectivity index (χ3n) is 2.77. The highest BCUT2D eigenvalue weighted by molar-refractivity contribution is 9.10.